The van der Waals surface area contributed by atoms with Gasteiger partial charge in [0.25, 0.3) is 0 Å². The van der Waals surface area contributed by atoms with Gasteiger partial charge in [0.05, 0.1) is 25.6 Å². The first-order valence-electron chi connectivity index (χ1n) is 5.95. The summed E-state index contributed by atoms with van der Waals surface area (Å²) in [5.41, 5.74) is 7.73. The molecule has 0 atom stereocenters. The molecular weight excluding hydrogens is 228 g/mol. The monoisotopic (exact) mass is 246 g/mol. The summed E-state index contributed by atoms with van der Waals surface area (Å²) in [5, 5.41) is 3.32. The first-order chi connectivity index (χ1) is 8.79. The Morgan fingerprint density at radius 3 is 2.89 bits per heavy atom. The van der Waals surface area contributed by atoms with Gasteiger partial charge in [0, 0.05) is 0 Å². The van der Waals surface area contributed by atoms with Crippen LogP contribution >= 0.6 is 0 Å². The number of ether oxygens (including phenoxy) is 1. The molecule has 96 valence electrons. The molecule has 0 spiro atoms. The second kappa shape index (κ2) is 6.12. The maximum atomic E-state index is 5.85. The summed E-state index contributed by atoms with van der Waals surface area (Å²) in [7, 11) is 1.62. The minimum atomic E-state index is 0.682. The van der Waals surface area contributed by atoms with Gasteiger partial charge in [-0.05, 0) is 42.8 Å². The number of nitrogen functional groups attached to an aromatic ring is 1. The predicted octanol–water partition coefficient (Wildman–Crippen LogP) is 2.20. The Bertz CT molecular complexity index is 481. The lowest BCUT2D eigenvalue weighted by Crippen LogP contribution is -2.16. The second-order valence-corrected chi connectivity index (χ2v) is 4.08. The van der Waals surface area contributed by atoms with Crippen molar-refractivity contribution in [1.29, 1.82) is 0 Å². The third-order valence-corrected chi connectivity index (χ3v) is 2.76. The van der Waals surface area contributed by atoms with E-state index < -0.39 is 0 Å². The number of hydrogen-bond donors (Lipinski definition) is 2. The number of benzene rings is 1. The van der Waals surface area contributed by atoms with Crippen molar-refractivity contribution in [2.75, 3.05) is 19.4 Å². The fraction of sp³-hybridized carbons (Fsp3) is 0.286. The summed E-state index contributed by atoms with van der Waals surface area (Å²) in [6.07, 6.45) is 2.61. The summed E-state index contributed by atoms with van der Waals surface area (Å²) in [6.45, 7) is 1.63. The molecule has 0 bridgehead atoms. The molecule has 0 aliphatic heterocycles. The quantitative estimate of drug-likeness (QED) is 0.606. The number of furan rings is 1. The molecule has 0 saturated carbocycles. The average Bonchev–Trinajstić information content (AvgIpc) is 2.88. The average molecular weight is 246 g/mol. The summed E-state index contributed by atoms with van der Waals surface area (Å²) < 4.78 is 10.4. The van der Waals surface area contributed by atoms with Gasteiger partial charge < -0.3 is 20.2 Å². The molecule has 2 aromatic rings. The van der Waals surface area contributed by atoms with Crippen LogP contribution in [0.5, 0.6) is 5.75 Å². The minimum absolute atomic E-state index is 0.682. The van der Waals surface area contributed by atoms with Gasteiger partial charge in [-0.1, -0.05) is 6.07 Å². The van der Waals surface area contributed by atoms with E-state index in [0.717, 1.165) is 31.0 Å². The standard InChI is InChI=1S/C14H18N2O2/c1-17-14-5-4-11(9-13(14)15)6-7-16-10-12-3-2-8-18-12/h2-5,8-9,16H,6-7,10,15H2,1H3. The first-order valence-corrected chi connectivity index (χ1v) is 5.95. The van der Waals surface area contributed by atoms with Gasteiger partial charge >= 0.3 is 0 Å². The Balaban J connectivity index is 1.78. The second-order valence-electron chi connectivity index (χ2n) is 4.08. The Morgan fingerprint density at radius 2 is 2.22 bits per heavy atom. The van der Waals surface area contributed by atoms with Crippen molar-refractivity contribution in [1.82, 2.24) is 5.32 Å². The number of rotatable bonds is 6. The van der Waals surface area contributed by atoms with E-state index in [-0.39, 0.29) is 0 Å². The number of anilines is 1. The third-order valence-electron chi connectivity index (χ3n) is 2.76. The topological polar surface area (TPSA) is 60.4 Å². The lowest BCUT2D eigenvalue weighted by Gasteiger charge is -2.07. The highest BCUT2D eigenvalue weighted by molar-refractivity contribution is 5.54. The zero-order valence-electron chi connectivity index (χ0n) is 10.5. The van der Waals surface area contributed by atoms with Crippen LogP contribution in [0.2, 0.25) is 0 Å². The van der Waals surface area contributed by atoms with Crippen molar-refractivity contribution in [3.8, 4) is 5.75 Å². The van der Waals surface area contributed by atoms with E-state index in [9.17, 15) is 0 Å². The van der Waals surface area contributed by atoms with Crippen molar-refractivity contribution in [3.63, 3.8) is 0 Å². The van der Waals surface area contributed by atoms with Crippen LogP contribution in [0.25, 0.3) is 0 Å². The molecule has 4 nitrogen and oxygen atoms in total. The van der Waals surface area contributed by atoms with Gasteiger partial charge in [0.15, 0.2) is 0 Å². The summed E-state index contributed by atoms with van der Waals surface area (Å²) in [4.78, 5) is 0. The minimum Gasteiger partial charge on any atom is -0.495 e. The molecule has 0 unspecified atom stereocenters. The van der Waals surface area contributed by atoms with Gasteiger partial charge in [0.1, 0.15) is 11.5 Å². The molecule has 0 saturated heterocycles. The zero-order valence-corrected chi connectivity index (χ0v) is 10.5. The molecule has 18 heavy (non-hydrogen) atoms. The Kier molecular flexibility index (Phi) is 4.25. The molecule has 2 rings (SSSR count). The fourth-order valence-electron chi connectivity index (χ4n) is 1.80. The van der Waals surface area contributed by atoms with Gasteiger partial charge in [-0.25, -0.2) is 0 Å². The van der Waals surface area contributed by atoms with E-state index in [4.69, 9.17) is 14.9 Å². The number of nitrogens with one attached hydrogen (secondary N) is 1. The molecule has 0 amide bonds. The molecule has 4 heteroatoms. The zero-order chi connectivity index (χ0) is 12.8. The van der Waals surface area contributed by atoms with Crippen LogP contribution in [0, 0.1) is 0 Å². The normalized spacial score (nSPS) is 10.5. The fourth-order valence-corrected chi connectivity index (χ4v) is 1.80. The number of methoxy groups -OCH3 is 1. The van der Waals surface area contributed by atoms with Gasteiger partial charge in [-0.2, -0.15) is 0 Å². The van der Waals surface area contributed by atoms with Crippen LogP contribution in [0.3, 0.4) is 0 Å². The van der Waals surface area contributed by atoms with Crippen molar-refractivity contribution in [3.05, 3.63) is 47.9 Å². The summed E-state index contributed by atoms with van der Waals surface area (Å²) in [5.74, 6) is 1.67. The highest BCUT2D eigenvalue weighted by atomic mass is 16.5. The molecule has 3 N–H and O–H groups in total. The summed E-state index contributed by atoms with van der Waals surface area (Å²) >= 11 is 0. The molecule has 1 aromatic carbocycles. The molecule has 0 aliphatic carbocycles. The maximum absolute atomic E-state index is 5.85. The van der Waals surface area contributed by atoms with Crippen molar-refractivity contribution >= 4 is 5.69 Å². The molecule has 1 heterocycles. The van der Waals surface area contributed by atoms with Crippen LogP contribution in [-0.4, -0.2) is 13.7 Å². The van der Waals surface area contributed by atoms with Crippen molar-refractivity contribution in [2.24, 2.45) is 0 Å². The lowest BCUT2D eigenvalue weighted by atomic mass is 10.1. The van der Waals surface area contributed by atoms with Crippen LogP contribution < -0.4 is 15.8 Å². The Labute approximate surface area is 107 Å². The van der Waals surface area contributed by atoms with Crippen molar-refractivity contribution in [2.45, 2.75) is 13.0 Å². The van der Waals surface area contributed by atoms with E-state index in [1.54, 1.807) is 13.4 Å². The third kappa shape index (κ3) is 3.28. The van der Waals surface area contributed by atoms with Crippen LogP contribution in [0.4, 0.5) is 5.69 Å². The highest BCUT2D eigenvalue weighted by Crippen LogP contribution is 2.21. The molecule has 0 radical (unpaired) electrons. The van der Waals surface area contributed by atoms with Gasteiger partial charge in [-0.3, -0.25) is 0 Å². The molecular formula is C14H18N2O2. The summed E-state index contributed by atoms with van der Waals surface area (Å²) in [6, 6.07) is 9.73. The Hall–Kier alpha value is -1.94. The molecule has 0 aliphatic rings. The molecule has 0 fully saturated rings. The number of nitrogens with two attached hydrogens (primary N) is 1. The first kappa shape index (κ1) is 12.5. The van der Waals surface area contributed by atoms with E-state index in [1.165, 1.54) is 5.56 Å². The van der Waals surface area contributed by atoms with Crippen LogP contribution in [-0.2, 0) is 13.0 Å². The van der Waals surface area contributed by atoms with Gasteiger partial charge in [-0.15, -0.1) is 0 Å². The largest absolute Gasteiger partial charge is 0.495 e. The van der Waals surface area contributed by atoms with E-state index in [2.05, 4.69) is 5.32 Å². The van der Waals surface area contributed by atoms with Crippen LogP contribution in [0.15, 0.2) is 41.0 Å². The lowest BCUT2D eigenvalue weighted by molar-refractivity contribution is 0.417. The van der Waals surface area contributed by atoms with E-state index in [0.29, 0.717) is 5.69 Å². The smallest absolute Gasteiger partial charge is 0.141 e. The number of hydrogen-bond acceptors (Lipinski definition) is 4. The highest BCUT2D eigenvalue weighted by Gasteiger charge is 2.01. The van der Waals surface area contributed by atoms with E-state index in [1.807, 2.05) is 30.3 Å². The Morgan fingerprint density at radius 1 is 1.33 bits per heavy atom. The SMILES string of the molecule is COc1ccc(CCNCc2ccco2)cc1N. The maximum Gasteiger partial charge on any atom is 0.141 e. The van der Waals surface area contributed by atoms with Crippen molar-refractivity contribution < 1.29 is 9.15 Å². The van der Waals surface area contributed by atoms with Crippen LogP contribution in [0.1, 0.15) is 11.3 Å². The predicted molar refractivity (Wildman–Crippen MR) is 71.5 cm³/mol. The molecule has 1 aromatic heterocycles. The van der Waals surface area contributed by atoms with Gasteiger partial charge in [0.2, 0.25) is 0 Å². The van der Waals surface area contributed by atoms with E-state index >= 15 is 0 Å².